The van der Waals surface area contributed by atoms with Crippen LogP contribution in [0.3, 0.4) is 0 Å². The molecule has 1 rings (SSSR count). The second kappa shape index (κ2) is 2.85. The SMILES string of the molecule is [C-]#[N+]c1c(C)cc(C)[nH]c1=S. The van der Waals surface area contributed by atoms with Gasteiger partial charge in [-0.3, -0.25) is 0 Å². The summed E-state index contributed by atoms with van der Waals surface area (Å²) >= 11 is 4.96. The Morgan fingerprint density at radius 3 is 2.64 bits per heavy atom. The van der Waals surface area contributed by atoms with E-state index in [1.807, 2.05) is 19.9 Å². The molecule has 0 atom stereocenters. The molecule has 1 aromatic rings. The van der Waals surface area contributed by atoms with Crippen molar-refractivity contribution in [1.82, 2.24) is 4.98 Å². The van der Waals surface area contributed by atoms with Crippen LogP contribution in [0.5, 0.6) is 0 Å². The van der Waals surface area contributed by atoms with Gasteiger partial charge in [-0.25, -0.2) is 4.85 Å². The van der Waals surface area contributed by atoms with Crippen molar-refractivity contribution in [2.45, 2.75) is 13.8 Å². The number of hydrogen-bond donors (Lipinski definition) is 1. The lowest BCUT2D eigenvalue weighted by atomic mass is 10.2. The molecule has 0 aliphatic carbocycles. The van der Waals surface area contributed by atoms with Crippen molar-refractivity contribution in [2.75, 3.05) is 0 Å². The summed E-state index contributed by atoms with van der Waals surface area (Å²) in [6.45, 7) is 10.7. The topological polar surface area (TPSA) is 20.1 Å². The number of pyridine rings is 1. The van der Waals surface area contributed by atoms with E-state index in [-0.39, 0.29) is 0 Å². The molecule has 0 saturated heterocycles. The zero-order chi connectivity index (χ0) is 8.43. The molecule has 56 valence electrons. The Morgan fingerprint density at radius 2 is 2.18 bits per heavy atom. The molecule has 0 saturated carbocycles. The monoisotopic (exact) mass is 164 g/mol. The van der Waals surface area contributed by atoms with Crippen LogP contribution in [0.4, 0.5) is 5.69 Å². The van der Waals surface area contributed by atoms with Crippen molar-refractivity contribution in [3.05, 3.63) is 33.4 Å². The highest BCUT2D eigenvalue weighted by Gasteiger charge is 1.99. The number of hydrogen-bond acceptors (Lipinski definition) is 1. The summed E-state index contributed by atoms with van der Waals surface area (Å²) in [6.07, 6.45) is 0. The van der Waals surface area contributed by atoms with Gasteiger partial charge in [0.2, 0.25) is 5.69 Å². The third-order valence-electron chi connectivity index (χ3n) is 1.44. The van der Waals surface area contributed by atoms with Crippen molar-refractivity contribution in [3.63, 3.8) is 0 Å². The Hall–Kier alpha value is -1.14. The predicted octanol–water partition coefficient (Wildman–Crippen LogP) is 2.91. The van der Waals surface area contributed by atoms with E-state index >= 15 is 0 Å². The van der Waals surface area contributed by atoms with Gasteiger partial charge in [-0.15, -0.1) is 0 Å². The van der Waals surface area contributed by atoms with Crippen LogP contribution in [0.2, 0.25) is 0 Å². The third-order valence-corrected chi connectivity index (χ3v) is 1.74. The van der Waals surface area contributed by atoms with Crippen molar-refractivity contribution in [3.8, 4) is 0 Å². The van der Waals surface area contributed by atoms with E-state index in [9.17, 15) is 0 Å². The molecular formula is C8H8N2S. The molecule has 11 heavy (non-hydrogen) atoms. The normalized spacial score (nSPS) is 9.18. The summed E-state index contributed by atoms with van der Waals surface area (Å²) in [4.78, 5) is 6.26. The fourth-order valence-electron chi connectivity index (χ4n) is 0.986. The number of aromatic nitrogens is 1. The maximum Gasteiger partial charge on any atom is 0.223 e. The molecule has 0 radical (unpaired) electrons. The second-order valence-electron chi connectivity index (χ2n) is 2.42. The number of aryl methyl sites for hydroxylation is 2. The van der Waals surface area contributed by atoms with Crippen LogP contribution in [-0.2, 0) is 0 Å². The van der Waals surface area contributed by atoms with Gasteiger partial charge in [-0.05, 0) is 19.4 Å². The minimum atomic E-state index is 0.539. The van der Waals surface area contributed by atoms with Crippen molar-refractivity contribution in [1.29, 1.82) is 0 Å². The Bertz CT molecular complexity index is 371. The van der Waals surface area contributed by atoms with Gasteiger partial charge in [0.25, 0.3) is 0 Å². The first-order valence-electron chi connectivity index (χ1n) is 3.23. The molecule has 0 bridgehead atoms. The molecule has 0 amide bonds. The number of rotatable bonds is 0. The average molecular weight is 164 g/mol. The van der Waals surface area contributed by atoms with E-state index < -0.39 is 0 Å². The van der Waals surface area contributed by atoms with E-state index in [2.05, 4.69) is 9.83 Å². The van der Waals surface area contributed by atoms with Gasteiger partial charge >= 0.3 is 0 Å². The molecule has 0 spiro atoms. The van der Waals surface area contributed by atoms with E-state index in [0.29, 0.717) is 10.3 Å². The Morgan fingerprint density at radius 1 is 1.55 bits per heavy atom. The van der Waals surface area contributed by atoms with Crippen LogP contribution >= 0.6 is 12.2 Å². The maximum absolute atomic E-state index is 6.83. The van der Waals surface area contributed by atoms with Gasteiger partial charge < -0.3 is 4.98 Å². The minimum absolute atomic E-state index is 0.539. The van der Waals surface area contributed by atoms with Gasteiger partial charge in [0.05, 0.1) is 6.57 Å². The maximum atomic E-state index is 6.83. The molecule has 0 aliphatic heterocycles. The van der Waals surface area contributed by atoms with E-state index in [1.54, 1.807) is 0 Å². The Balaban J connectivity index is 3.53. The standard InChI is InChI=1S/C8H8N2S/c1-5-4-6(2)10-8(11)7(5)9-3/h4H,1-2H3,(H,10,11). The first-order chi connectivity index (χ1) is 5.15. The van der Waals surface area contributed by atoms with E-state index in [4.69, 9.17) is 18.8 Å². The average Bonchev–Trinajstić information content (AvgIpc) is 1.85. The molecular weight excluding hydrogens is 156 g/mol. The van der Waals surface area contributed by atoms with Crippen LogP contribution < -0.4 is 0 Å². The second-order valence-corrected chi connectivity index (χ2v) is 2.83. The van der Waals surface area contributed by atoms with Gasteiger partial charge in [0, 0.05) is 5.69 Å². The summed E-state index contributed by atoms with van der Waals surface area (Å²) in [7, 11) is 0. The Labute approximate surface area is 70.7 Å². The van der Waals surface area contributed by atoms with Crippen molar-refractivity contribution < 1.29 is 0 Å². The largest absolute Gasteiger partial charge is 0.359 e. The first-order valence-corrected chi connectivity index (χ1v) is 3.64. The number of nitrogens with one attached hydrogen (secondary N) is 1. The lowest BCUT2D eigenvalue weighted by Gasteiger charge is -1.98. The van der Waals surface area contributed by atoms with E-state index in [1.165, 1.54) is 0 Å². The molecule has 1 aromatic heterocycles. The first kappa shape index (κ1) is 7.96. The molecule has 0 fully saturated rings. The minimum Gasteiger partial charge on any atom is -0.359 e. The highest BCUT2D eigenvalue weighted by atomic mass is 32.1. The fraction of sp³-hybridized carbons (Fsp3) is 0.250. The highest BCUT2D eigenvalue weighted by Crippen LogP contribution is 2.18. The summed E-state index contributed by atoms with van der Waals surface area (Å²) < 4.78 is 0.539. The summed E-state index contributed by atoms with van der Waals surface area (Å²) in [5, 5.41) is 0. The van der Waals surface area contributed by atoms with Gasteiger partial charge in [0.15, 0.2) is 0 Å². The predicted molar refractivity (Wildman–Crippen MR) is 47.4 cm³/mol. The molecule has 3 heteroatoms. The number of nitrogens with zero attached hydrogens (tertiary/aromatic N) is 1. The van der Waals surface area contributed by atoms with Gasteiger partial charge in [-0.2, -0.15) is 0 Å². The van der Waals surface area contributed by atoms with E-state index in [0.717, 1.165) is 11.3 Å². The molecule has 0 aliphatic rings. The quantitative estimate of drug-likeness (QED) is 0.461. The van der Waals surface area contributed by atoms with Crippen LogP contribution in [0, 0.1) is 25.1 Å². The zero-order valence-electron chi connectivity index (χ0n) is 6.43. The fourth-order valence-corrected chi connectivity index (χ4v) is 1.35. The summed E-state index contributed by atoms with van der Waals surface area (Å²) in [5.74, 6) is 0. The number of aromatic amines is 1. The van der Waals surface area contributed by atoms with Crippen LogP contribution in [0.1, 0.15) is 11.3 Å². The van der Waals surface area contributed by atoms with Crippen LogP contribution in [0.25, 0.3) is 4.85 Å². The Kier molecular flexibility index (Phi) is 2.06. The van der Waals surface area contributed by atoms with Crippen LogP contribution in [-0.4, -0.2) is 4.98 Å². The van der Waals surface area contributed by atoms with Crippen molar-refractivity contribution >= 4 is 17.9 Å². The number of H-pyrrole nitrogens is 1. The molecule has 1 heterocycles. The molecule has 1 N–H and O–H groups in total. The van der Waals surface area contributed by atoms with Crippen LogP contribution in [0.15, 0.2) is 6.07 Å². The molecule has 0 aromatic carbocycles. The zero-order valence-corrected chi connectivity index (χ0v) is 7.25. The lowest BCUT2D eigenvalue weighted by Crippen LogP contribution is -1.83. The van der Waals surface area contributed by atoms with Gasteiger partial charge in [-0.1, -0.05) is 18.3 Å². The molecule has 0 unspecified atom stereocenters. The summed E-state index contributed by atoms with van der Waals surface area (Å²) in [5.41, 5.74) is 2.51. The smallest absolute Gasteiger partial charge is 0.223 e. The van der Waals surface area contributed by atoms with Crippen molar-refractivity contribution in [2.24, 2.45) is 0 Å². The molecule has 2 nitrogen and oxygen atoms in total. The third kappa shape index (κ3) is 1.47. The summed E-state index contributed by atoms with van der Waals surface area (Å²) in [6, 6.07) is 1.92. The highest BCUT2D eigenvalue weighted by molar-refractivity contribution is 7.71. The van der Waals surface area contributed by atoms with Gasteiger partial charge in [0.1, 0.15) is 4.64 Å². The lowest BCUT2D eigenvalue weighted by molar-refractivity contribution is 1.17.